The van der Waals surface area contributed by atoms with Crippen LogP contribution in [-0.4, -0.2) is 21.0 Å². The monoisotopic (exact) mass is 518 g/mol. The molecule has 3 atom stereocenters. The van der Waals surface area contributed by atoms with Crippen LogP contribution in [-0.2, 0) is 4.79 Å². The van der Waals surface area contributed by atoms with E-state index in [4.69, 9.17) is 0 Å². The molecule has 198 valence electrons. The van der Waals surface area contributed by atoms with E-state index in [1.165, 1.54) is 0 Å². The maximum atomic E-state index is 12.8. The number of aliphatic hydroxyl groups is 1. The number of carbonyl (C=O) groups excluding carboxylic acids is 1. The first-order valence-electron chi connectivity index (χ1n) is 13.4. The Hall–Kier alpha value is -4.47. The van der Waals surface area contributed by atoms with Gasteiger partial charge in [-0.1, -0.05) is 86.3 Å². The maximum Gasteiger partial charge on any atom is 0.300 e. The second-order valence-corrected chi connectivity index (χ2v) is 9.27. The zero-order chi connectivity index (χ0) is 27.3. The third kappa shape index (κ3) is 7.76. The quantitative estimate of drug-likeness (QED) is 0.152. The molecule has 0 spiro atoms. The molecular formula is C33H34N4O2. The Bertz CT molecular complexity index is 1370. The zero-order valence-electron chi connectivity index (χ0n) is 22.1. The number of unbranched alkanes of at least 4 members (excludes halogenated alkanes) is 3. The summed E-state index contributed by atoms with van der Waals surface area (Å²) in [6, 6.07) is 27.9. The molecule has 2 aromatic carbocycles. The number of para-hydroxylation sites is 1. The number of amides is 1. The fraction of sp³-hybridized carbons (Fsp3) is 0.242. The number of benzene rings is 2. The maximum absolute atomic E-state index is 12.8. The van der Waals surface area contributed by atoms with Crippen LogP contribution in [0.3, 0.4) is 0 Å². The van der Waals surface area contributed by atoms with Gasteiger partial charge in [0.25, 0.3) is 5.91 Å². The summed E-state index contributed by atoms with van der Waals surface area (Å²) in [5, 5.41) is 18.3. The molecule has 1 amide bonds. The van der Waals surface area contributed by atoms with Gasteiger partial charge < -0.3 is 15.7 Å². The number of nitrogens with one attached hydrogen (secondary N) is 2. The van der Waals surface area contributed by atoms with Crippen LogP contribution < -0.4 is 10.6 Å². The third-order valence-corrected chi connectivity index (χ3v) is 6.49. The molecule has 0 unspecified atom stereocenters. The fourth-order valence-corrected chi connectivity index (χ4v) is 4.56. The van der Waals surface area contributed by atoms with Crippen molar-refractivity contribution in [3.8, 4) is 11.8 Å². The fourth-order valence-electron chi connectivity index (χ4n) is 4.56. The molecule has 0 aliphatic heterocycles. The number of aromatic nitrogens is 2. The SMILES string of the molecule is CCCCCC#CC(=O)Nc1ccccc1[C@@H](Nc1ccccn1)[C@H](c1ccccn1)[C@H](O)c1ccccc1. The van der Waals surface area contributed by atoms with Crippen molar-refractivity contribution in [3.63, 3.8) is 0 Å². The average Bonchev–Trinajstić information content (AvgIpc) is 2.98. The lowest BCUT2D eigenvalue weighted by atomic mass is 9.82. The summed E-state index contributed by atoms with van der Waals surface area (Å²) >= 11 is 0. The Morgan fingerprint density at radius 3 is 2.31 bits per heavy atom. The van der Waals surface area contributed by atoms with E-state index in [0.717, 1.165) is 30.4 Å². The normalized spacial score (nSPS) is 12.9. The molecule has 0 radical (unpaired) electrons. The van der Waals surface area contributed by atoms with Crippen LogP contribution >= 0.6 is 0 Å². The van der Waals surface area contributed by atoms with Crippen molar-refractivity contribution >= 4 is 17.4 Å². The molecular weight excluding hydrogens is 484 g/mol. The Morgan fingerprint density at radius 1 is 0.872 bits per heavy atom. The number of hydrogen-bond donors (Lipinski definition) is 3. The van der Waals surface area contributed by atoms with Crippen molar-refractivity contribution in [3.05, 3.63) is 120 Å². The van der Waals surface area contributed by atoms with E-state index in [0.29, 0.717) is 23.6 Å². The first-order valence-corrected chi connectivity index (χ1v) is 13.4. The molecule has 0 saturated carbocycles. The van der Waals surface area contributed by atoms with Crippen LogP contribution in [0, 0.1) is 11.8 Å². The van der Waals surface area contributed by atoms with E-state index < -0.39 is 18.1 Å². The van der Waals surface area contributed by atoms with Gasteiger partial charge in [-0.2, -0.15) is 0 Å². The van der Waals surface area contributed by atoms with Crippen LogP contribution in [0.15, 0.2) is 103 Å². The van der Waals surface area contributed by atoms with E-state index >= 15 is 0 Å². The van der Waals surface area contributed by atoms with E-state index in [-0.39, 0.29) is 5.91 Å². The second kappa shape index (κ2) is 14.5. The van der Waals surface area contributed by atoms with Gasteiger partial charge in [-0.3, -0.25) is 9.78 Å². The van der Waals surface area contributed by atoms with Crippen LogP contribution in [0.5, 0.6) is 0 Å². The topological polar surface area (TPSA) is 87.1 Å². The number of rotatable bonds is 11. The van der Waals surface area contributed by atoms with Gasteiger partial charge in [0.1, 0.15) is 5.82 Å². The summed E-state index contributed by atoms with van der Waals surface area (Å²) in [5.74, 6) is 5.45. The van der Waals surface area contributed by atoms with Gasteiger partial charge in [0.2, 0.25) is 0 Å². The average molecular weight is 519 g/mol. The largest absolute Gasteiger partial charge is 0.388 e. The van der Waals surface area contributed by atoms with Crippen LogP contribution in [0.1, 0.15) is 67.5 Å². The smallest absolute Gasteiger partial charge is 0.300 e. The molecule has 2 aromatic heterocycles. The lowest BCUT2D eigenvalue weighted by molar-refractivity contribution is -0.111. The highest BCUT2D eigenvalue weighted by molar-refractivity contribution is 6.04. The van der Waals surface area contributed by atoms with Gasteiger partial charge in [-0.25, -0.2) is 4.98 Å². The molecule has 0 aliphatic carbocycles. The van der Waals surface area contributed by atoms with Gasteiger partial charge in [0.05, 0.1) is 18.1 Å². The summed E-state index contributed by atoms with van der Waals surface area (Å²) in [6.07, 6.45) is 6.41. The molecule has 4 rings (SSSR count). The van der Waals surface area contributed by atoms with Gasteiger partial charge in [0, 0.05) is 30.2 Å². The minimum atomic E-state index is -0.899. The highest BCUT2D eigenvalue weighted by Crippen LogP contribution is 2.43. The van der Waals surface area contributed by atoms with Crippen molar-refractivity contribution in [1.82, 2.24) is 9.97 Å². The number of nitrogens with zero attached hydrogens (tertiary/aromatic N) is 2. The van der Waals surface area contributed by atoms with E-state index in [1.54, 1.807) is 12.4 Å². The third-order valence-electron chi connectivity index (χ3n) is 6.49. The molecule has 6 nitrogen and oxygen atoms in total. The Morgan fingerprint density at radius 2 is 1.59 bits per heavy atom. The number of anilines is 2. The standard InChI is InChI=1S/C33H34N4O2/c1-2-3-4-5-9-22-30(38)36-27-19-11-10-18-26(27)32(37-29-21-13-15-24-35-29)31(28-20-12-14-23-34-28)33(39)25-16-7-6-8-17-25/h6-8,10-21,23-24,31-33,39H,2-5H2,1H3,(H,35,37)(H,36,38)/t31-,32+,33+/m0/s1. The summed E-state index contributed by atoms with van der Waals surface area (Å²) < 4.78 is 0. The van der Waals surface area contributed by atoms with Gasteiger partial charge in [-0.15, -0.1) is 0 Å². The summed E-state index contributed by atoms with van der Waals surface area (Å²) in [7, 11) is 0. The van der Waals surface area contributed by atoms with Crippen molar-refractivity contribution in [2.75, 3.05) is 10.6 Å². The van der Waals surface area contributed by atoms with Gasteiger partial charge >= 0.3 is 0 Å². The minimum Gasteiger partial charge on any atom is -0.388 e. The Balaban J connectivity index is 1.76. The first kappa shape index (κ1) is 27.6. The number of pyridine rings is 2. The van der Waals surface area contributed by atoms with E-state index in [9.17, 15) is 9.90 Å². The van der Waals surface area contributed by atoms with E-state index in [2.05, 4.69) is 39.4 Å². The molecule has 0 saturated heterocycles. The first-order chi connectivity index (χ1) is 19.2. The molecule has 6 heteroatoms. The molecule has 3 N–H and O–H groups in total. The number of hydrogen-bond acceptors (Lipinski definition) is 5. The predicted octanol–water partition coefficient (Wildman–Crippen LogP) is 6.67. The molecule has 4 aromatic rings. The Kier molecular flexibility index (Phi) is 10.2. The van der Waals surface area contributed by atoms with Gasteiger partial charge in [-0.05, 0) is 53.8 Å². The molecule has 39 heavy (non-hydrogen) atoms. The minimum absolute atomic E-state index is 0.367. The van der Waals surface area contributed by atoms with Crippen molar-refractivity contribution in [2.24, 2.45) is 0 Å². The summed E-state index contributed by atoms with van der Waals surface area (Å²) in [4.78, 5) is 21.9. The second-order valence-electron chi connectivity index (χ2n) is 9.27. The molecule has 0 fully saturated rings. The summed E-state index contributed by atoms with van der Waals surface area (Å²) in [6.45, 7) is 2.14. The highest BCUT2D eigenvalue weighted by atomic mass is 16.3. The molecule has 0 bridgehead atoms. The van der Waals surface area contributed by atoms with Gasteiger partial charge in [0.15, 0.2) is 0 Å². The predicted molar refractivity (Wildman–Crippen MR) is 156 cm³/mol. The summed E-state index contributed by atoms with van der Waals surface area (Å²) in [5.41, 5.74) is 2.87. The number of carbonyl (C=O) groups is 1. The van der Waals surface area contributed by atoms with Crippen LogP contribution in [0.4, 0.5) is 11.5 Å². The zero-order valence-corrected chi connectivity index (χ0v) is 22.1. The number of aliphatic hydroxyl groups excluding tert-OH is 1. The molecule has 2 heterocycles. The van der Waals surface area contributed by atoms with E-state index in [1.807, 2.05) is 91.0 Å². The molecule has 0 aliphatic rings. The van der Waals surface area contributed by atoms with Crippen molar-refractivity contribution in [1.29, 1.82) is 0 Å². The van der Waals surface area contributed by atoms with Crippen molar-refractivity contribution in [2.45, 2.75) is 50.7 Å². The highest BCUT2D eigenvalue weighted by Gasteiger charge is 2.35. The van der Waals surface area contributed by atoms with Crippen LogP contribution in [0.2, 0.25) is 0 Å². The lowest BCUT2D eigenvalue weighted by Gasteiger charge is -2.33. The van der Waals surface area contributed by atoms with Crippen molar-refractivity contribution < 1.29 is 9.90 Å². The van der Waals surface area contributed by atoms with Crippen LogP contribution in [0.25, 0.3) is 0 Å². The Labute approximate surface area is 230 Å². The lowest BCUT2D eigenvalue weighted by Crippen LogP contribution is -2.27.